The van der Waals surface area contributed by atoms with Crippen LogP contribution in [0.15, 0.2) is 24.3 Å². The first-order valence-electron chi connectivity index (χ1n) is 6.32. The van der Waals surface area contributed by atoms with Gasteiger partial charge >= 0.3 is 5.97 Å². The highest BCUT2D eigenvalue weighted by Gasteiger charge is 2.35. The van der Waals surface area contributed by atoms with Crippen LogP contribution in [0, 0.1) is 11.7 Å². The van der Waals surface area contributed by atoms with Crippen molar-refractivity contribution in [1.82, 2.24) is 5.32 Å². The molecule has 0 bridgehead atoms. The van der Waals surface area contributed by atoms with Gasteiger partial charge in [0.1, 0.15) is 5.82 Å². The van der Waals surface area contributed by atoms with Crippen molar-refractivity contribution in [2.75, 3.05) is 0 Å². The molecule has 1 aliphatic rings. The molecule has 106 valence electrons. The van der Waals surface area contributed by atoms with E-state index < -0.39 is 35.4 Å². The monoisotopic (exact) mass is 279 g/mol. The van der Waals surface area contributed by atoms with E-state index in [0.29, 0.717) is 19.3 Å². The van der Waals surface area contributed by atoms with Crippen molar-refractivity contribution in [3.05, 3.63) is 35.6 Å². The van der Waals surface area contributed by atoms with E-state index in [1.807, 2.05) is 0 Å². The van der Waals surface area contributed by atoms with Crippen LogP contribution in [-0.4, -0.2) is 28.8 Å². The van der Waals surface area contributed by atoms with Crippen LogP contribution in [0.2, 0.25) is 0 Å². The zero-order chi connectivity index (χ0) is 14.7. The molecular formula is C14H14FNO4. The summed E-state index contributed by atoms with van der Waals surface area (Å²) in [6.07, 6.45) is 1.73. The molecule has 1 fully saturated rings. The standard InChI is InChI=1S/C14H14FNO4/c15-9-6-4-8(5-7-9)12(17)13(18)16-11-3-1-2-10(11)14(19)20/h4-7,10-11H,1-3H2,(H,16,18)(H,19,20)/t10-,11+/m1/s1. The Balaban J connectivity index is 2.03. The Morgan fingerprint density at radius 2 is 1.80 bits per heavy atom. The number of hydrogen-bond acceptors (Lipinski definition) is 3. The van der Waals surface area contributed by atoms with Gasteiger partial charge in [-0.05, 0) is 37.1 Å². The fourth-order valence-corrected chi connectivity index (χ4v) is 2.39. The predicted octanol–water partition coefficient (Wildman–Crippen LogP) is 1.38. The van der Waals surface area contributed by atoms with Crippen LogP contribution < -0.4 is 5.32 Å². The van der Waals surface area contributed by atoms with Crippen molar-refractivity contribution in [2.45, 2.75) is 25.3 Å². The molecule has 5 nitrogen and oxygen atoms in total. The Hall–Kier alpha value is -2.24. The summed E-state index contributed by atoms with van der Waals surface area (Å²) in [5.41, 5.74) is 0.0776. The molecule has 20 heavy (non-hydrogen) atoms. The first-order valence-corrected chi connectivity index (χ1v) is 6.32. The minimum Gasteiger partial charge on any atom is -0.481 e. The van der Waals surface area contributed by atoms with E-state index in [1.54, 1.807) is 0 Å². The van der Waals surface area contributed by atoms with Gasteiger partial charge in [0.2, 0.25) is 5.78 Å². The van der Waals surface area contributed by atoms with Gasteiger partial charge in [0.25, 0.3) is 5.91 Å². The zero-order valence-electron chi connectivity index (χ0n) is 10.6. The molecule has 0 spiro atoms. The van der Waals surface area contributed by atoms with Gasteiger partial charge in [0, 0.05) is 11.6 Å². The fraction of sp³-hybridized carbons (Fsp3) is 0.357. The third-order valence-electron chi connectivity index (χ3n) is 3.46. The molecule has 0 heterocycles. The van der Waals surface area contributed by atoms with Gasteiger partial charge in [-0.1, -0.05) is 6.42 Å². The lowest BCUT2D eigenvalue weighted by Gasteiger charge is -2.16. The van der Waals surface area contributed by atoms with Crippen LogP contribution in [0.3, 0.4) is 0 Å². The van der Waals surface area contributed by atoms with Crippen LogP contribution in [0.4, 0.5) is 4.39 Å². The summed E-state index contributed by atoms with van der Waals surface area (Å²) < 4.78 is 12.7. The smallest absolute Gasteiger partial charge is 0.308 e. The quantitative estimate of drug-likeness (QED) is 0.644. The van der Waals surface area contributed by atoms with E-state index in [9.17, 15) is 18.8 Å². The van der Waals surface area contributed by atoms with Crippen molar-refractivity contribution >= 4 is 17.7 Å². The van der Waals surface area contributed by atoms with E-state index >= 15 is 0 Å². The molecule has 1 saturated carbocycles. The van der Waals surface area contributed by atoms with Gasteiger partial charge < -0.3 is 10.4 Å². The van der Waals surface area contributed by atoms with Gasteiger partial charge in [-0.3, -0.25) is 14.4 Å². The number of carboxylic acids is 1. The molecule has 0 saturated heterocycles. The maximum atomic E-state index is 12.7. The largest absolute Gasteiger partial charge is 0.481 e. The number of nitrogens with one attached hydrogen (secondary N) is 1. The molecule has 0 radical (unpaired) electrons. The number of benzene rings is 1. The summed E-state index contributed by atoms with van der Waals surface area (Å²) in [4.78, 5) is 34.6. The maximum Gasteiger partial charge on any atom is 0.308 e. The second-order valence-corrected chi connectivity index (χ2v) is 4.79. The zero-order valence-corrected chi connectivity index (χ0v) is 10.6. The van der Waals surface area contributed by atoms with Crippen molar-refractivity contribution in [2.24, 2.45) is 5.92 Å². The van der Waals surface area contributed by atoms with E-state index in [1.165, 1.54) is 12.1 Å². The first kappa shape index (κ1) is 14.2. The molecule has 2 N–H and O–H groups in total. The van der Waals surface area contributed by atoms with E-state index in [0.717, 1.165) is 12.1 Å². The molecule has 0 aromatic heterocycles. The number of amides is 1. The number of carbonyl (C=O) groups excluding carboxylic acids is 2. The number of halogens is 1. The van der Waals surface area contributed by atoms with Gasteiger partial charge in [-0.15, -0.1) is 0 Å². The Labute approximate surface area is 114 Å². The van der Waals surface area contributed by atoms with Crippen LogP contribution in [0.25, 0.3) is 0 Å². The highest BCUT2D eigenvalue weighted by Crippen LogP contribution is 2.25. The van der Waals surface area contributed by atoms with E-state index in [-0.39, 0.29) is 5.56 Å². The number of carbonyl (C=O) groups is 3. The second-order valence-electron chi connectivity index (χ2n) is 4.79. The maximum absolute atomic E-state index is 12.7. The second kappa shape index (κ2) is 5.81. The summed E-state index contributed by atoms with van der Waals surface area (Å²) in [7, 11) is 0. The van der Waals surface area contributed by atoms with Crippen molar-refractivity contribution in [3.63, 3.8) is 0 Å². The van der Waals surface area contributed by atoms with Gasteiger partial charge in [-0.25, -0.2) is 4.39 Å². The molecule has 2 atom stereocenters. The topological polar surface area (TPSA) is 83.5 Å². The summed E-state index contributed by atoms with van der Waals surface area (Å²) in [6.45, 7) is 0. The van der Waals surface area contributed by atoms with Gasteiger partial charge in [0.15, 0.2) is 0 Å². The van der Waals surface area contributed by atoms with Crippen molar-refractivity contribution in [3.8, 4) is 0 Å². The normalized spacial score (nSPS) is 21.4. The minimum atomic E-state index is -0.970. The fourth-order valence-electron chi connectivity index (χ4n) is 2.39. The molecule has 1 amide bonds. The Bertz CT molecular complexity index is 541. The third kappa shape index (κ3) is 3.01. The highest BCUT2D eigenvalue weighted by molar-refractivity contribution is 6.42. The Kier molecular flexibility index (Phi) is 4.12. The lowest BCUT2D eigenvalue weighted by Crippen LogP contribution is -2.43. The van der Waals surface area contributed by atoms with E-state index in [4.69, 9.17) is 5.11 Å². The minimum absolute atomic E-state index is 0.0776. The molecule has 2 rings (SSSR count). The molecule has 1 aromatic rings. The van der Waals surface area contributed by atoms with Crippen LogP contribution >= 0.6 is 0 Å². The number of rotatable bonds is 4. The molecule has 0 aliphatic heterocycles. The summed E-state index contributed by atoms with van der Waals surface area (Å²) in [5.74, 6) is -3.76. The lowest BCUT2D eigenvalue weighted by molar-refractivity contribution is -0.142. The van der Waals surface area contributed by atoms with Crippen LogP contribution in [0.5, 0.6) is 0 Å². The van der Waals surface area contributed by atoms with Crippen LogP contribution in [-0.2, 0) is 9.59 Å². The van der Waals surface area contributed by atoms with E-state index in [2.05, 4.69) is 5.32 Å². The molecular weight excluding hydrogens is 265 g/mol. The van der Waals surface area contributed by atoms with Gasteiger partial charge in [0.05, 0.1) is 5.92 Å². The molecule has 0 unspecified atom stereocenters. The average Bonchev–Trinajstić information content (AvgIpc) is 2.87. The predicted molar refractivity (Wildman–Crippen MR) is 67.6 cm³/mol. The number of aliphatic carboxylic acids is 1. The molecule has 6 heteroatoms. The van der Waals surface area contributed by atoms with Crippen molar-refractivity contribution in [1.29, 1.82) is 0 Å². The average molecular weight is 279 g/mol. The van der Waals surface area contributed by atoms with Crippen LogP contribution in [0.1, 0.15) is 29.6 Å². The molecule has 1 aromatic carbocycles. The summed E-state index contributed by atoms with van der Waals surface area (Å²) in [5, 5.41) is 11.5. The Morgan fingerprint density at radius 3 is 2.40 bits per heavy atom. The summed E-state index contributed by atoms with van der Waals surface area (Å²) in [6, 6.07) is 4.11. The lowest BCUT2D eigenvalue weighted by atomic mass is 10.0. The third-order valence-corrected chi connectivity index (χ3v) is 3.46. The number of Topliss-reactive ketones (excluding diaryl/α,β-unsaturated/α-hetero) is 1. The SMILES string of the molecule is O=C(N[C@H]1CCC[C@H]1C(=O)O)C(=O)c1ccc(F)cc1. The number of hydrogen-bond donors (Lipinski definition) is 2. The molecule has 1 aliphatic carbocycles. The summed E-state index contributed by atoms with van der Waals surface area (Å²) >= 11 is 0. The van der Waals surface area contributed by atoms with Gasteiger partial charge in [-0.2, -0.15) is 0 Å². The van der Waals surface area contributed by atoms with Crippen molar-refractivity contribution < 1.29 is 23.9 Å². The number of carboxylic acid groups (broad SMARTS) is 1. The number of ketones is 1. The highest BCUT2D eigenvalue weighted by atomic mass is 19.1. The Morgan fingerprint density at radius 1 is 1.15 bits per heavy atom. The first-order chi connectivity index (χ1) is 9.49.